The average Bonchev–Trinajstić information content (AvgIpc) is 2.34. The highest BCUT2D eigenvalue weighted by molar-refractivity contribution is 5.56. The molecule has 0 aromatic heterocycles. The van der Waals surface area contributed by atoms with Gasteiger partial charge >= 0.3 is 0 Å². The molecule has 0 atom stereocenters. The van der Waals surface area contributed by atoms with Gasteiger partial charge in [-0.3, -0.25) is 4.99 Å². The van der Waals surface area contributed by atoms with E-state index in [1.54, 1.807) is 0 Å². The van der Waals surface area contributed by atoms with Crippen molar-refractivity contribution >= 4 is 6.21 Å². The summed E-state index contributed by atoms with van der Waals surface area (Å²) in [6.45, 7) is 4.10. The van der Waals surface area contributed by atoms with Crippen molar-refractivity contribution in [2.75, 3.05) is 0 Å². The minimum Gasteiger partial charge on any atom is -0.266 e. The summed E-state index contributed by atoms with van der Waals surface area (Å²) in [5, 5.41) is 0. The maximum atomic E-state index is 4.53. The molecule has 1 heteroatoms. The lowest BCUT2D eigenvalue weighted by molar-refractivity contribution is 0.627. The van der Waals surface area contributed by atoms with E-state index in [1.165, 1.54) is 49.8 Å². The van der Waals surface area contributed by atoms with Gasteiger partial charge in [0, 0.05) is 11.9 Å². The molecule has 0 N–H and O–H groups in total. The lowest BCUT2D eigenvalue weighted by Crippen LogP contribution is -1.88. The fourth-order valence-corrected chi connectivity index (χ4v) is 2.13. The predicted octanol–water partition coefficient (Wildman–Crippen LogP) is 4.65. The van der Waals surface area contributed by atoms with Crippen LogP contribution in [0.15, 0.2) is 28.4 Å². The summed E-state index contributed by atoms with van der Waals surface area (Å²) in [6.07, 6.45) is 15.4. The fourth-order valence-electron chi connectivity index (χ4n) is 2.13. The maximum Gasteiger partial charge on any atom is 0.0431 e. The summed E-state index contributed by atoms with van der Waals surface area (Å²) >= 11 is 0. The second kappa shape index (κ2) is 7.44. The van der Waals surface area contributed by atoms with E-state index in [1.807, 2.05) is 13.1 Å². The molecule has 0 saturated carbocycles. The van der Waals surface area contributed by atoms with Gasteiger partial charge < -0.3 is 0 Å². The van der Waals surface area contributed by atoms with Crippen LogP contribution in [0.4, 0.5) is 0 Å². The van der Waals surface area contributed by atoms with E-state index in [-0.39, 0.29) is 0 Å². The van der Waals surface area contributed by atoms with Crippen LogP contribution in [0.5, 0.6) is 0 Å². The number of hydrogen-bond acceptors (Lipinski definition) is 1. The van der Waals surface area contributed by atoms with Gasteiger partial charge in [-0.15, -0.1) is 0 Å². The standard InChI is InChI=1S/C14H23N/c1-3-10-13-11-8-6-5-7-9-12-14(13)15-4-2/h3-4,10H,5-9,11-12H2,1-2H3/b10-3-,14-13+,15-4?. The molecule has 0 unspecified atom stereocenters. The Labute approximate surface area is 94.0 Å². The van der Waals surface area contributed by atoms with E-state index in [2.05, 4.69) is 24.1 Å². The molecule has 0 saturated heterocycles. The summed E-state index contributed by atoms with van der Waals surface area (Å²) in [7, 11) is 0. The Kier molecular flexibility index (Phi) is 6.06. The zero-order chi connectivity index (χ0) is 10.9. The smallest absolute Gasteiger partial charge is 0.0431 e. The van der Waals surface area contributed by atoms with Crippen LogP contribution in [-0.2, 0) is 0 Å². The minimum absolute atomic E-state index is 1.16. The van der Waals surface area contributed by atoms with Gasteiger partial charge in [-0.1, -0.05) is 31.4 Å². The molecule has 0 bridgehead atoms. The first-order valence-electron chi connectivity index (χ1n) is 6.22. The first-order valence-corrected chi connectivity index (χ1v) is 6.22. The van der Waals surface area contributed by atoms with Gasteiger partial charge in [-0.05, 0) is 45.1 Å². The van der Waals surface area contributed by atoms with Crippen LogP contribution >= 0.6 is 0 Å². The van der Waals surface area contributed by atoms with Gasteiger partial charge in [0.2, 0.25) is 0 Å². The Morgan fingerprint density at radius 1 is 0.933 bits per heavy atom. The molecule has 0 amide bonds. The van der Waals surface area contributed by atoms with E-state index in [4.69, 9.17) is 0 Å². The van der Waals surface area contributed by atoms with Gasteiger partial charge in [0.05, 0.1) is 0 Å². The second-order valence-electron chi connectivity index (χ2n) is 4.13. The van der Waals surface area contributed by atoms with Gasteiger partial charge in [0.25, 0.3) is 0 Å². The molecule has 0 radical (unpaired) electrons. The fraction of sp³-hybridized carbons (Fsp3) is 0.643. The van der Waals surface area contributed by atoms with E-state index in [9.17, 15) is 0 Å². The molecule has 1 aliphatic rings. The second-order valence-corrected chi connectivity index (χ2v) is 4.13. The molecule has 0 aromatic carbocycles. The lowest BCUT2D eigenvalue weighted by Gasteiger charge is -2.06. The normalized spacial score (nSPS) is 25.5. The quantitative estimate of drug-likeness (QED) is 0.582. The van der Waals surface area contributed by atoms with Gasteiger partial charge in [-0.2, -0.15) is 0 Å². The molecule has 84 valence electrons. The average molecular weight is 205 g/mol. The molecular weight excluding hydrogens is 182 g/mol. The van der Waals surface area contributed by atoms with Crippen molar-refractivity contribution in [2.24, 2.45) is 4.99 Å². The molecule has 1 rings (SSSR count). The summed E-state index contributed by atoms with van der Waals surface area (Å²) < 4.78 is 0. The van der Waals surface area contributed by atoms with Crippen molar-refractivity contribution in [3.8, 4) is 0 Å². The Morgan fingerprint density at radius 3 is 2.27 bits per heavy atom. The third-order valence-corrected chi connectivity index (χ3v) is 2.88. The Balaban J connectivity index is 2.83. The number of aliphatic imine (C=N–C) groups is 1. The largest absolute Gasteiger partial charge is 0.266 e. The first kappa shape index (κ1) is 12.2. The highest BCUT2D eigenvalue weighted by atomic mass is 14.7. The van der Waals surface area contributed by atoms with Gasteiger partial charge in [0.1, 0.15) is 0 Å². The van der Waals surface area contributed by atoms with Crippen molar-refractivity contribution in [3.63, 3.8) is 0 Å². The SMILES string of the molecule is CC=N/C1=C(\C=C/C)CCCCCCC1. The van der Waals surface area contributed by atoms with Crippen molar-refractivity contribution in [1.29, 1.82) is 0 Å². The first-order chi connectivity index (χ1) is 7.38. The van der Waals surface area contributed by atoms with Crippen molar-refractivity contribution < 1.29 is 0 Å². The summed E-state index contributed by atoms with van der Waals surface area (Å²) in [4.78, 5) is 4.53. The molecule has 15 heavy (non-hydrogen) atoms. The molecule has 0 spiro atoms. The highest BCUT2D eigenvalue weighted by Crippen LogP contribution is 2.24. The van der Waals surface area contributed by atoms with Crippen LogP contribution in [-0.4, -0.2) is 6.21 Å². The number of nitrogens with zero attached hydrogens (tertiary/aromatic N) is 1. The number of allylic oxidation sites excluding steroid dienone is 4. The van der Waals surface area contributed by atoms with Crippen LogP contribution in [0.1, 0.15) is 58.8 Å². The number of rotatable bonds is 2. The molecular formula is C14H23N. The molecule has 0 fully saturated rings. The third-order valence-electron chi connectivity index (χ3n) is 2.88. The molecule has 0 aliphatic heterocycles. The maximum absolute atomic E-state index is 4.53. The summed E-state index contributed by atoms with van der Waals surface area (Å²) in [6, 6.07) is 0. The topological polar surface area (TPSA) is 12.4 Å². The van der Waals surface area contributed by atoms with Crippen molar-refractivity contribution in [2.45, 2.75) is 58.8 Å². The van der Waals surface area contributed by atoms with E-state index in [0.717, 1.165) is 6.42 Å². The van der Waals surface area contributed by atoms with Crippen LogP contribution in [0.25, 0.3) is 0 Å². The summed E-state index contributed by atoms with van der Waals surface area (Å²) in [5.74, 6) is 0. The Hall–Kier alpha value is -0.850. The van der Waals surface area contributed by atoms with Crippen LogP contribution in [0, 0.1) is 0 Å². The third kappa shape index (κ3) is 4.46. The molecule has 0 aromatic rings. The Bertz CT molecular complexity index is 233. The van der Waals surface area contributed by atoms with E-state index in [0.29, 0.717) is 0 Å². The predicted molar refractivity (Wildman–Crippen MR) is 68.3 cm³/mol. The van der Waals surface area contributed by atoms with E-state index < -0.39 is 0 Å². The van der Waals surface area contributed by atoms with E-state index >= 15 is 0 Å². The van der Waals surface area contributed by atoms with Crippen molar-refractivity contribution in [1.82, 2.24) is 0 Å². The number of hydrogen-bond donors (Lipinski definition) is 0. The molecule has 1 nitrogen and oxygen atoms in total. The van der Waals surface area contributed by atoms with Crippen molar-refractivity contribution in [3.05, 3.63) is 23.4 Å². The monoisotopic (exact) mass is 205 g/mol. The molecule has 0 heterocycles. The van der Waals surface area contributed by atoms with Crippen LogP contribution < -0.4 is 0 Å². The minimum atomic E-state index is 1.16. The van der Waals surface area contributed by atoms with Crippen LogP contribution in [0.3, 0.4) is 0 Å². The zero-order valence-electron chi connectivity index (χ0n) is 10.1. The Morgan fingerprint density at radius 2 is 1.60 bits per heavy atom. The zero-order valence-corrected chi connectivity index (χ0v) is 10.1. The lowest BCUT2D eigenvalue weighted by atomic mass is 10.0. The van der Waals surface area contributed by atoms with Gasteiger partial charge in [-0.25, -0.2) is 0 Å². The van der Waals surface area contributed by atoms with Crippen LogP contribution in [0.2, 0.25) is 0 Å². The highest BCUT2D eigenvalue weighted by Gasteiger charge is 2.05. The van der Waals surface area contributed by atoms with Gasteiger partial charge in [0.15, 0.2) is 0 Å². The molecule has 1 aliphatic carbocycles. The summed E-state index contributed by atoms with van der Waals surface area (Å²) in [5.41, 5.74) is 2.77.